The van der Waals surface area contributed by atoms with Gasteiger partial charge in [-0.15, -0.1) is 23.5 Å². The molecule has 7 heteroatoms. The topological polar surface area (TPSA) is 43.1 Å². The maximum atomic E-state index is 13.3. The molecule has 0 atom stereocenters. The van der Waals surface area contributed by atoms with Gasteiger partial charge in [-0.05, 0) is 24.0 Å². The molecule has 1 saturated heterocycles. The number of nitro benzene ring substituents is 1. The van der Waals surface area contributed by atoms with Gasteiger partial charge < -0.3 is 0 Å². The first kappa shape index (κ1) is 13.0. The average Bonchev–Trinajstić information content (AvgIpc) is 2.29. The number of rotatable bonds is 2. The highest BCUT2D eigenvalue weighted by Gasteiger charge is 2.24. The fraction of sp³-hybridized carbons (Fsp3) is 0.400. The van der Waals surface area contributed by atoms with Crippen LogP contribution in [0.25, 0.3) is 0 Å². The number of nitro groups is 1. The first-order valence-electron chi connectivity index (χ1n) is 4.96. The maximum Gasteiger partial charge on any atom is 0.305 e. The first-order valence-corrected chi connectivity index (χ1v) is 7.43. The van der Waals surface area contributed by atoms with E-state index in [4.69, 9.17) is 11.6 Å². The molecule has 92 valence electrons. The zero-order valence-electron chi connectivity index (χ0n) is 8.69. The minimum Gasteiger partial charge on any atom is -0.258 e. The van der Waals surface area contributed by atoms with Crippen molar-refractivity contribution >= 4 is 40.8 Å². The van der Waals surface area contributed by atoms with Gasteiger partial charge in [0.1, 0.15) is 0 Å². The van der Waals surface area contributed by atoms with Crippen LogP contribution in [0.15, 0.2) is 12.1 Å². The molecular weight excluding hydrogens is 285 g/mol. The largest absolute Gasteiger partial charge is 0.305 e. The van der Waals surface area contributed by atoms with Crippen LogP contribution in [0.4, 0.5) is 10.1 Å². The molecule has 0 spiro atoms. The Labute approximate surface area is 111 Å². The van der Waals surface area contributed by atoms with Crippen LogP contribution in [0.3, 0.4) is 0 Å². The minimum absolute atomic E-state index is 0.0653. The van der Waals surface area contributed by atoms with E-state index in [0.717, 1.165) is 24.0 Å². The molecule has 0 unspecified atom stereocenters. The second kappa shape index (κ2) is 5.46. The molecule has 1 heterocycles. The third-order valence-electron chi connectivity index (χ3n) is 2.34. The van der Waals surface area contributed by atoms with Crippen molar-refractivity contribution in [1.82, 2.24) is 0 Å². The van der Waals surface area contributed by atoms with E-state index in [1.807, 2.05) is 0 Å². The smallest absolute Gasteiger partial charge is 0.258 e. The zero-order valence-corrected chi connectivity index (χ0v) is 11.1. The molecular formula is C10H9ClFNO2S2. The Kier molecular flexibility index (Phi) is 4.17. The second-order valence-corrected chi connectivity index (χ2v) is 6.64. The maximum absolute atomic E-state index is 13.3. The van der Waals surface area contributed by atoms with Crippen LogP contribution in [0, 0.1) is 15.9 Å². The predicted octanol–water partition coefficient (Wildman–Crippen LogP) is 4.26. The quantitative estimate of drug-likeness (QED) is 0.604. The van der Waals surface area contributed by atoms with Crippen molar-refractivity contribution in [2.75, 3.05) is 11.5 Å². The molecule has 1 fully saturated rings. The normalized spacial score (nSPS) is 17.1. The molecule has 0 amide bonds. The molecule has 0 bridgehead atoms. The van der Waals surface area contributed by atoms with Crippen LogP contribution in [0.5, 0.6) is 0 Å². The van der Waals surface area contributed by atoms with E-state index in [-0.39, 0.29) is 9.60 Å². The van der Waals surface area contributed by atoms with Crippen molar-refractivity contribution in [2.24, 2.45) is 0 Å². The summed E-state index contributed by atoms with van der Waals surface area (Å²) in [7, 11) is 0. The molecule has 3 nitrogen and oxygen atoms in total. The lowest BCUT2D eigenvalue weighted by atomic mass is 10.2. The van der Waals surface area contributed by atoms with Crippen LogP contribution in [-0.4, -0.2) is 16.4 Å². The second-order valence-electron chi connectivity index (χ2n) is 3.51. The summed E-state index contributed by atoms with van der Waals surface area (Å²) in [6.45, 7) is 0. The molecule has 1 aromatic carbocycles. The van der Waals surface area contributed by atoms with Gasteiger partial charge in [-0.2, -0.15) is 4.39 Å². The van der Waals surface area contributed by atoms with Gasteiger partial charge in [0.05, 0.1) is 9.51 Å². The number of nitrogens with zero attached hydrogens (tertiary/aromatic N) is 1. The van der Waals surface area contributed by atoms with Gasteiger partial charge >= 0.3 is 5.69 Å². The van der Waals surface area contributed by atoms with E-state index in [0.29, 0.717) is 5.56 Å². The van der Waals surface area contributed by atoms with E-state index in [1.165, 1.54) is 6.07 Å². The number of hydrogen-bond acceptors (Lipinski definition) is 4. The Morgan fingerprint density at radius 2 is 2.06 bits per heavy atom. The summed E-state index contributed by atoms with van der Waals surface area (Å²) in [4.78, 5) is 9.96. The predicted molar refractivity (Wildman–Crippen MR) is 70.3 cm³/mol. The average molecular weight is 294 g/mol. The molecule has 17 heavy (non-hydrogen) atoms. The summed E-state index contributed by atoms with van der Waals surface area (Å²) in [5.74, 6) is 1.12. The minimum atomic E-state index is -0.880. The number of halogens is 2. The Bertz CT molecular complexity index is 452. The van der Waals surface area contributed by atoms with Crippen LogP contribution in [0.2, 0.25) is 5.02 Å². The van der Waals surface area contributed by atoms with Crippen molar-refractivity contribution in [1.29, 1.82) is 0 Å². The van der Waals surface area contributed by atoms with Crippen molar-refractivity contribution in [3.8, 4) is 0 Å². The van der Waals surface area contributed by atoms with Gasteiger partial charge in [0.25, 0.3) is 0 Å². The third kappa shape index (κ3) is 2.86. The molecule has 0 aromatic heterocycles. The van der Waals surface area contributed by atoms with Gasteiger partial charge in [0, 0.05) is 16.7 Å². The van der Waals surface area contributed by atoms with Gasteiger partial charge in [0.2, 0.25) is 5.82 Å². The van der Waals surface area contributed by atoms with E-state index in [2.05, 4.69) is 0 Å². The highest BCUT2D eigenvalue weighted by molar-refractivity contribution is 8.16. The summed E-state index contributed by atoms with van der Waals surface area (Å²) in [6, 6.07) is 2.29. The van der Waals surface area contributed by atoms with Gasteiger partial charge in [-0.3, -0.25) is 10.1 Å². The van der Waals surface area contributed by atoms with E-state index in [9.17, 15) is 14.5 Å². The summed E-state index contributed by atoms with van der Waals surface area (Å²) in [6.07, 6.45) is 1.12. The standard InChI is InChI=1S/C10H9ClFNO2S2/c11-7-5-8(12)9(13(14)15)4-6(7)10-16-2-1-3-17-10/h4-5,10H,1-3H2. The number of thioether (sulfide) groups is 2. The summed E-state index contributed by atoms with van der Waals surface area (Å²) in [5, 5.41) is 10.9. The Morgan fingerprint density at radius 3 is 2.65 bits per heavy atom. The summed E-state index contributed by atoms with van der Waals surface area (Å²) >= 11 is 9.33. The Morgan fingerprint density at radius 1 is 1.41 bits per heavy atom. The van der Waals surface area contributed by atoms with Crippen LogP contribution in [-0.2, 0) is 0 Å². The summed E-state index contributed by atoms with van der Waals surface area (Å²) in [5.41, 5.74) is 0.144. The highest BCUT2D eigenvalue weighted by Crippen LogP contribution is 2.47. The summed E-state index contributed by atoms with van der Waals surface area (Å²) < 4.78 is 13.4. The fourth-order valence-corrected chi connectivity index (χ4v) is 4.87. The van der Waals surface area contributed by atoms with Crippen molar-refractivity contribution < 1.29 is 9.31 Å². The Balaban J connectivity index is 2.38. The number of hydrogen-bond donors (Lipinski definition) is 0. The Hall–Kier alpha value is -0.460. The van der Waals surface area contributed by atoms with Crippen molar-refractivity contribution in [2.45, 2.75) is 11.0 Å². The molecule has 2 rings (SSSR count). The first-order chi connectivity index (χ1) is 8.09. The van der Waals surface area contributed by atoms with Crippen LogP contribution < -0.4 is 0 Å². The molecule has 1 aliphatic rings. The highest BCUT2D eigenvalue weighted by atomic mass is 35.5. The van der Waals surface area contributed by atoms with Gasteiger partial charge in [-0.25, -0.2) is 0 Å². The van der Waals surface area contributed by atoms with Crippen LogP contribution >= 0.6 is 35.1 Å². The molecule has 0 saturated carbocycles. The van der Waals surface area contributed by atoms with Crippen molar-refractivity contribution in [3.05, 3.63) is 38.7 Å². The van der Waals surface area contributed by atoms with E-state index >= 15 is 0 Å². The molecule has 0 aliphatic carbocycles. The van der Waals surface area contributed by atoms with E-state index < -0.39 is 16.4 Å². The van der Waals surface area contributed by atoms with Gasteiger partial charge in [0.15, 0.2) is 0 Å². The fourth-order valence-electron chi connectivity index (χ4n) is 1.54. The molecule has 1 aliphatic heterocycles. The monoisotopic (exact) mass is 293 g/mol. The molecule has 1 aromatic rings. The lowest BCUT2D eigenvalue weighted by molar-refractivity contribution is -0.387. The van der Waals surface area contributed by atoms with Gasteiger partial charge in [-0.1, -0.05) is 11.6 Å². The van der Waals surface area contributed by atoms with Crippen molar-refractivity contribution in [3.63, 3.8) is 0 Å². The SMILES string of the molecule is O=[N+]([O-])c1cc(C2SCCCS2)c(Cl)cc1F. The zero-order chi connectivity index (χ0) is 12.4. The molecule has 0 radical (unpaired) electrons. The lowest BCUT2D eigenvalue weighted by Crippen LogP contribution is -2.03. The molecule has 0 N–H and O–H groups in total. The lowest BCUT2D eigenvalue weighted by Gasteiger charge is -2.21. The third-order valence-corrected chi connectivity index (χ3v) is 5.65. The number of benzene rings is 1. The van der Waals surface area contributed by atoms with E-state index in [1.54, 1.807) is 23.5 Å². The van der Waals surface area contributed by atoms with Crippen LogP contribution in [0.1, 0.15) is 16.6 Å².